The van der Waals surface area contributed by atoms with Crippen molar-refractivity contribution in [2.45, 2.75) is 0 Å². The molecule has 0 bridgehead atoms. The summed E-state index contributed by atoms with van der Waals surface area (Å²) in [6, 6.07) is 6.59. The molecule has 0 radical (unpaired) electrons. The van der Waals surface area contributed by atoms with Gasteiger partial charge in [-0.2, -0.15) is 0 Å². The number of benzene rings is 1. The largest absolute Gasteiger partial charge is 0.491 e. The van der Waals surface area contributed by atoms with Crippen LogP contribution in [0, 0.1) is 0 Å². The molecule has 0 fully saturated rings. The molecule has 0 heterocycles. The van der Waals surface area contributed by atoms with E-state index in [1.54, 1.807) is 24.3 Å². The van der Waals surface area contributed by atoms with Crippen LogP contribution in [0.1, 0.15) is 5.56 Å². The second-order valence-corrected chi connectivity index (χ2v) is 2.55. The summed E-state index contributed by atoms with van der Waals surface area (Å²) >= 11 is 0. The quantitative estimate of drug-likeness (QED) is 0.330. The molecule has 1 aromatic rings. The number of hydrogen-bond donors (Lipinski definition) is 2. The molecule has 0 spiro atoms. The van der Waals surface area contributed by atoms with E-state index in [9.17, 15) is 4.39 Å². The van der Waals surface area contributed by atoms with Gasteiger partial charge in [0.15, 0.2) is 5.84 Å². The van der Waals surface area contributed by atoms with Gasteiger partial charge in [-0.05, 0) is 12.1 Å². The highest BCUT2D eigenvalue weighted by atomic mass is 19.1. The van der Waals surface area contributed by atoms with Crippen LogP contribution in [0.5, 0.6) is 5.75 Å². The fraction of sp³-hybridized carbons (Fsp3) is 0.222. The van der Waals surface area contributed by atoms with Crippen LogP contribution in [0.3, 0.4) is 0 Å². The Morgan fingerprint density at radius 1 is 1.57 bits per heavy atom. The normalized spacial score (nSPS) is 11.4. The summed E-state index contributed by atoms with van der Waals surface area (Å²) in [5.74, 6) is 0.488. The molecule has 0 amide bonds. The third-order valence-electron chi connectivity index (χ3n) is 1.58. The molecule has 5 heteroatoms. The molecule has 4 nitrogen and oxygen atoms in total. The van der Waals surface area contributed by atoms with Gasteiger partial charge in [0.05, 0.1) is 0 Å². The van der Waals surface area contributed by atoms with Crippen molar-refractivity contribution in [3.05, 3.63) is 29.8 Å². The Bertz CT molecular complexity index is 328. The first-order valence-electron chi connectivity index (χ1n) is 4.04. The number of ether oxygens (including phenoxy) is 1. The molecule has 3 N–H and O–H groups in total. The van der Waals surface area contributed by atoms with Crippen LogP contribution in [0.4, 0.5) is 4.39 Å². The van der Waals surface area contributed by atoms with Crippen molar-refractivity contribution in [2.24, 2.45) is 10.9 Å². The lowest BCUT2D eigenvalue weighted by Crippen LogP contribution is -2.13. The second-order valence-electron chi connectivity index (χ2n) is 2.55. The number of rotatable bonds is 4. The maximum atomic E-state index is 11.8. The number of halogens is 1. The van der Waals surface area contributed by atoms with Crippen LogP contribution in [0.15, 0.2) is 29.4 Å². The van der Waals surface area contributed by atoms with E-state index in [4.69, 9.17) is 15.7 Å². The van der Waals surface area contributed by atoms with Gasteiger partial charge in [-0.3, -0.25) is 0 Å². The SMILES string of the molecule is N/C(=N/O)c1cccc(OCCF)c1. The zero-order valence-corrected chi connectivity index (χ0v) is 7.48. The van der Waals surface area contributed by atoms with Gasteiger partial charge in [0.1, 0.15) is 19.0 Å². The smallest absolute Gasteiger partial charge is 0.170 e. The number of nitrogens with zero attached hydrogens (tertiary/aromatic N) is 1. The van der Waals surface area contributed by atoms with E-state index in [1.807, 2.05) is 0 Å². The monoisotopic (exact) mass is 198 g/mol. The minimum absolute atomic E-state index is 0.000371. The lowest BCUT2D eigenvalue weighted by molar-refractivity contribution is 0.273. The first kappa shape index (κ1) is 10.3. The van der Waals surface area contributed by atoms with Gasteiger partial charge >= 0.3 is 0 Å². The summed E-state index contributed by atoms with van der Waals surface area (Å²) in [7, 11) is 0. The fourth-order valence-electron chi connectivity index (χ4n) is 0.959. The van der Waals surface area contributed by atoms with E-state index < -0.39 is 6.67 Å². The summed E-state index contributed by atoms with van der Waals surface area (Å²) in [6.07, 6.45) is 0. The van der Waals surface area contributed by atoms with Gasteiger partial charge in [-0.15, -0.1) is 0 Å². The summed E-state index contributed by atoms with van der Waals surface area (Å²) in [4.78, 5) is 0. The third kappa shape index (κ3) is 2.62. The third-order valence-corrected chi connectivity index (χ3v) is 1.58. The molecule has 0 aliphatic heterocycles. The van der Waals surface area contributed by atoms with Gasteiger partial charge in [0, 0.05) is 5.56 Å². The van der Waals surface area contributed by atoms with E-state index in [-0.39, 0.29) is 12.4 Å². The van der Waals surface area contributed by atoms with Crippen LogP contribution >= 0.6 is 0 Å². The number of oxime groups is 1. The molecular formula is C9H11FN2O2. The van der Waals surface area contributed by atoms with E-state index in [0.29, 0.717) is 11.3 Å². The maximum absolute atomic E-state index is 11.8. The molecule has 14 heavy (non-hydrogen) atoms. The highest BCUT2D eigenvalue weighted by molar-refractivity contribution is 5.97. The van der Waals surface area contributed by atoms with Gasteiger partial charge in [-0.25, -0.2) is 4.39 Å². The van der Waals surface area contributed by atoms with Crippen molar-refractivity contribution < 1.29 is 14.3 Å². The maximum Gasteiger partial charge on any atom is 0.170 e. The van der Waals surface area contributed by atoms with Crippen LogP contribution in [0.25, 0.3) is 0 Å². The topological polar surface area (TPSA) is 67.8 Å². The fourth-order valence-corrected chi connectivity index (χ4v) is 0.959. The minimum Gasteiger partial charge on any atom is -0.491 e. The van der Waals surface area contributed by atoms with E-state index in [2.05, 4.69) is 5.16 Å². The number of nitrogens with two attached hydrogens (primary N) is 1. The lowest BCUT2D eigenvalue weighted by atomic mass is 10.2. The zero-order valence-electron chi connectivity index (χ0n) is 7.48. The van der Waals surface area contributed by atoms with Crippen molar-refractivity contribution in [3.63, 3.8) is 0 Å². The molecular weight excluding hydrogens is 187 g/mol. The Hall–Kier alpha value is -1.78. The van der Waals surface area contributed by atoms with Crippen molar-refractivity contribution in [2.75, 3.05) is 13.3 Å². The van der Waals surface area contributed by atoms with Crippen molar-refractivity contribution in [3.8, 4) is 5.75 Å². The predicted octanol–water partition coefficient (Wildman–Crippen LogP) is 1.13. The molecule has 0 saturated carbocycles. The molecule has 0 aromatic heterocycles. The van der Waals surface area contributed by atoms with E-state index in [0.717, 1.165) is 0 Å². The molecule has 0 atom stereocenters. The zero-order chi connectivity index (χ0) is 10.4. The van der Waals surface area contributed by atoms with Crippen LogP contribution in [-0.2, 0) is 0 Å². The van der Waals surface area contributed by atoms with Crippen molar-refractivity contribution >= 4 is 5.84 Å². The second kappa shape index (κ2) is 5.06. The first-order chi connectivity index (χ1) is 6.77. The van der Waals surface area contributed by atoms with Crippen LogP contribution in [0.2, 0.25) is 0 Å². The van der Waals surface area contributed by atoms with Gasteiger partial charge in [-0.1, -0.05) is 17.3 Å². The summed E-state index contributed by atoms with van der Waals surface area (Å²) in [5, 5.41) is 11.3. The van der Waals surface area contributed by atoms with Crippen molar-refractivity contribution in [1.29, 1.82) is 0 Å². The Morgan fingerprint density at radius 2 is 2.36 bits per heavy atom. The summed E-state index contributed by atoms with van der Waals surface area (Å²) in [5.41, 5.74) is 5.89. The Balaban J connectivity index is 2.79. The minimum atomic E-state index is -0.548. The molecule has 1 aromatic carbocycles. The Kier molecular flexibility index (Phi) is 3.72. The molecule has 0 saturated heterocycles. The highest BCUT2D eigenvalue weighted by Crippen LogP contribution is 2.12. The first-order valence-corrected chi connectivity index (χ1v) is 4.04. The average molecular weight is 198 g/mol. The van der Waals surface area contributed by atoms with Gasteiger partial charge < -0.3 is 15.7 Å². The average Bonchev–Trinajstić information content (AvgIpc) is 2.25. The molecule has 0 aliphatic carbocycles. The van der Waals surface area contributed by atoms with Gasteiger partial charge in [0.2, 0.25) is 0 Å². The summed E-state index contributed by atoms with van der Waals surface area (Å²) in [6.45, 7) is -0.548. The van der Waals surface area contributed by atoms with Gasteiger partial charge in [0.25, 0.3) is 0 Å². The van der Waals surface area contributed by atoms with Crippen LogP contribution in [-0.4, -0.2) is 24.3 Å². The molecule has 0 unspecified atom stereocenters. The number of amidine groups is 1. The Morgan fingerprint density at radius 3 is 3.00 bits per heavy atom. The van der Waals surface area contributed by atoms with Crippen molar-refractivity contribution in [1.82, 2.24) is 0 Å². The van der Waals surface area contributed by atoms with E-state index >= 15 is 0 Å². The molecule has 76 valence electrons. The van der Waals surface area contributed by atoms with E-state index in [1.165, 1.54) is 0 Å². The Labute approximate surface area is 80.8 Å². The summed E-state index contributed by atoms with van der Waals surface area (Å²) < 4.78 is 16.8. The molecule has 0 aliphatic rings. The highest BCUT2D eigenvalue weighted by Gasteiger charge is 2.00. The van der Waals surface area contributed by atoms with Crippen LogP contribution < -0.4 is 10.5 Å². The standard InChI is InChI=1S/C9H11FN2O2/c10-4-5-14-8-3-1-2-7(6-8)9(11)12-13/h1-3,6,13H,4-5H2,(H2,11,12). The predicted molar refractivity (Wildman–Crippen MR) is 50.4 cm³/mol. The number of alkyl halides is 1. The molecule has 1 rings (SSSR count). The lowest BCUT2D eigenvalue weighted by Gasteiger charge is -2.04. The number of hydrogen-bond acceptors (Lipinski definition) is 3.